The fraction of sp³-hybridized carbons (Fsp3) is 0.143. The zero-order valence-electron chi connectivity index (χ0n) is 14.7. The number of aromatic nitrogens is 1. The van der Waals surface area contributed by atoms with Crippen LogP contribution in [0.4, 0.5) is 14.9 Å². The van der Waals surface area contributed by atoms with Gasteiger partial charge in [0.1, 0.15) is 5.82 Å². The van der Waals surface area contributed by atoms with Gasteiger partial charge >= 0.3 is 6.03 Å². The first kappa shape index (κ1) is 17.6. The molecule has 0 aliphatic heterocycles. The molecule has 2 amide bonds. The maximum Gasteiger partial charge on any atom is 0.319 e. The third-order valence-electron chi connectivity index (χ3n) is 4.09. The van der Waals surface area contributed by atoms with Gasteiger partial charge in [0.15, 0.2) is 0 Å². The van der Waals surface area contributed by atoms with Crippen molar-refractivity contribution in [3.05, 3.63) is 83.9 Å². The van der Waals surface area contributed by atoms with E-state index in [1.165, 1.54) is 6.07 Å². The number of carbonyl (C=O) groups excluding carboxylic acids is 1. The number of pyridine rings is 1. The molecule has 2 aromatic carbocycles. The van der Waals surface area contributed by atoms with Gasteiger partial charge in [-0.15, -0.1) is 0 Å². The number of hydrogen-bond donors (Lipinski definition) is 2. The van der Waals surface area contributed by atoms with E-state index in [9.17, 15) is 9.18 Å². The van der Waals surface area contributed by atoms with Crippen molar-refractivity contribution in [3.63, 3.8) is 0 Å². The van der Waals surface area contributed by atoms with Crippen LogP contribution in [0.1, 0.15) is 24.2 Å². The van der Waals surface area contributed by atoms with E-state index in [-0.39, 0.29) is 11.8 Å². The molecule has 0 saturated heterocycles. The molecule has 0 saturated carbocycles. The largest absolute Gasteiger partial charge is 0.331 e. The Bertz CT molecular complexity index is 909. The van der Waals surface area contributed by atoms with Crippen LogP contribution in [0.15, 0.2) is 66.9 Å². The average molecular weight is 349 g/mol. The minimum Gasteiger partial charge on any atom is -0.331 e. The van der Waals surface area contributed by atoms with Crippen LogP contribution in [0.3, 0.4) is 0 Å². The highest BCUT2D eigenvalue weighted by Gasteiger charge is 2.13. The van der Waals surface area contributed by atoms with Gasteiger partial charge in [0.25, 0.3) is 0 Å². The highest BCUT2D eigenvalue weighted by Crippen LogP contribution is 2.22. The standard InChI is InChI=1S/C21H20FN3O/c1-14-13-17(11-12-23-14)16-7-9-18(10-8-16)25-21(26)24-15(2)19-5-3-4-6-20(19)22/h3-13,15H,1-2H3,(H2,24,25,26)/t15-/m1/s1. The van der Waals surface area contributed by atoms with E-state index in [1.807, 2.05) is 43.3 Å². The Morgan fingerprint density at radius 1 is 1.04 bits per heavy atom. The Kier molecular flexibility index (Phi) is 5.27. The van der Waals surface area contributed by atoms with Gasteiger partial charge < -0.3 is 10.6 Å². The maximum absolute atomic E-state index is 13.8. The van der Waals surface area contributed by atoms with Crippen molar-refractivity contribution in [2.75, 3.05) is 5.32 Å². The predicted molar refractivity (Wildman–Crippen MR) is 101 cm³/mol. The van der Waals surface area contributed by atoms with Gasteiger partial charge in [-0.05, 0) is 55.3 Å². The van der Waals surface area contributed by atoms with E-state index in [4.69, 9.17) is 0 Å². The van der Waals surface area contributed by atoms with Crippen LogP contribution in [-0.4, -0.2) is 11.0 Å². The van der Waals surface area contributed by atoms with Crippen LogP contribution in [0, 0.1) is 12.7 Å². The van der Waals surface area contributed by atoms with E-state index < -0.39 is 6.04 Å². The molecule has 1 aromatic heterocycles. The lowest BCUT2D eigenvalue weighted by molar-refractivity contribution is 0.249. The van der Waals surface area contributed by atoms with Crippen LogP contribution < -0.4 is 10.6 Å². The number of anilines is 1. The third-order valence-corrected chi connectivity index (χ3v) is 4.09. The summed E-state index contributed by atoms with van der Waals surface area (Å²) in [6.45, 7) is 3.69. The molecule has 0 radical (unpaired) electrons. The number of aryl methyl sites for hydroxylation is 1. The summed E-state index contributed by atoms with van der Waals surface area (Å²) in [5.74, 6) is -0.336. The van der Waals surface area contributed by atoms with Crippen LogP contribution in [0.25, 0.3) is 11.1 Å². The molecule has 4 nitrogen and oxygen atoms in total. The van der Waals surface area contributed by atoms with Crippen LogP contribution in [0.2, 0.25) is 0 Å². The summed E-state index contributed by atoms with van der Waals surface area (Å²) in [4.78, 5) is 16.3. The van der Waals surface area contributed by atoms with Crippen LogP contribution in [0.5, 0.6) is 0 Å². The van der Waals surface area contributed by atoms with Gasteiger partial charge in [0, 0.05) is 23.1 Å². The van der Waals surface area contributed by atoms with Gasteiger partial charge in [-0.2, -0.15) is 0 Å². The summed E-state index contributed by atoms with van der Waals surface area (Å²) in [5, 5.41) is 5.51. The highest BCUT2D eigenvalue weighted by atomic mass is 19.1. The second-order valence-electron chi connectivity index (χ2n) is 6.10. The van der Waals surface area contributed by atoms with Gasteiger partial charge in [-0.3, -0.25) is 4.98 Å². The van der Waals surface area contributed by atoms with Crippen molar-refractivity contribution in [2.24, 2.45) is 0 Å². The number of nitrogens with one attached hydrogen (secondary N) is 2. The Morgan fingerprint density at radius 2 is 1.77 bits per heavy atom. The first-order valence-corrected chi connectivity index (χ1v) is 8.38. The Balaban J connectivity index is 1.64. The van der Waals surface area contributed by atoms with E-state index in [0.717, 1.165) is 16.8 Å². The zero-order chi connectivity index (χ0) is 18.5. The second-order valence-corrected chi connectivity index (χ2v) is 6.10. The summed E-state index contributed by atoms with van der Waals surface area (Å²) in [6, 6.07) is 17.1. The molecule has 3 rings (SSSR count). The Morgan fingerprint density at radius 3 is 2.46 bits per heavy atom. The number of benzene rings is 2. The minimum absolute atomic E-state index is 0.336. The van der Waals surface area contributed by atoms with E-state index in [2.05, 4.69) is 15.6 Å². The molecule has 26 heavy (non-hydrogen) atoms. The first-order valence-electron chi connectivity index (χ1n) is 8.38. The molecule has 0 spiro atoms. The Hall–Kier alpha value is -3.21. The zero-order valence-corrected chi connectivity index (χ0v) is 14.7. The number of urea groups is 1. The molecular formula is C21H20FN3O. The SMILES string of the molecule is Cc1cc(-c2ccc(NC(=O)N[C@H](C)c3ccccc3F)cc2)ccn1. The lowest BCUT2D eigenvalue weighted by atomic mass is 10.1. The smallest absolute Gasteiger partial charge is 0.319 e. The molecule has 0 unspecified atom stereocenters. The van der Waals surface area contributed by atoms with Crippen molar-refractivity contribution >= 4 is 11.7 Å². The number of rotatable bonds is 4. The average Bonchev–Trinajstić information content (AvgIpc) is 2.62. The molecule has 2 N–H and O–H groups in total. The summed E-state index contributed by atoms with van der Waals surface area (Å²) in [6.07, 6.45) is 1.77. The molecule has 1 heterocycles. The van der Waals surface area contributed by atoms with Crippen molar-refractivity contribution < 1.29 is 9.18 Å². The van der Waals surface area contributed by atoms with Gasteiger partial charge in [0.2, 0.25) is 0 Å². The summed E-state index contributed by atoms with van der Waals surface area (Å²) >= 11 is 0. The predicted octanol–water partition coefficient (Wildman–Crippen LogP) is 5.08. The van der Waals surface area contributed by atoms with Crippen LogP contribution >= 0.6 is 0 Å². The van der Waals surface area contributed by atoms with Gasteiger partial charge in [-0.25, -0.2) is 9.18 Å². The molecule has 0 bridgehead atoms. The minimum atomic E-state index is -0.435. The second kappa shape index (κ2) is 7.78. The van der Waals surface area contributed by atoms with Crippen molar-refractivity contribution in [1.82, 2.24) is 10.3 Å². The molecule has 5 heteroatoms. The fourth-order valence-corrected chi connectivity index (χ4v) is 2.74. The number of carbonyl (C=O) groups is 1. The Labute approximate surface area is 152 Å². The normalized spacial score (nSPS) is 11.7. The molecule has 0 aliphatic rings. The quantitative estimate of drug-likeness (QED) is 0.690. The lowest BCUT2D eigenvalue weighted by Gasteiger charge is -2.16. The molecule has 1 atom stereocenters. The number of halogens is 1. The van der Waals surface area contributed by atoms with Crippen molar-refractivity contribution in [2.45, 2.75) is 19.9 Å². The topological polar surface area (TPSA) is 54.0 Å². The number of hydrogen-bond acceptors (Lipinski definition) is 2. The first-order chi connectivity index (χ1) is 12.5. The molecule has 0 aliphatic carbocycles. The monoisotopic (exact) mass is 349 g/mol. The summed E-state index contributed by atoms with van der Waals surface area (Å²) < 4.78 is 13.8. The third kappa shape index (κ3) is 4.25. The van der Waals surface area contributed by atoms with Crippen molar-refractivity contribution in [1.29, 1.82) is 0 Å². The summed E-state index contributed by atoms with van der Waals surface area (Å²) in [5.41, 5.74) is 4.18. The number of amides is 2. The lowest BCUT2D eigenvalue weighted by Crippen LogP contribution is -2.31. The van der Waals surface area contributed by atoms with Crippen molar-refractivity contribution in [3.8, 4) is 11.1 Å². The molecule has 132 valence electrons. The molecule has 0 fully saturated rings. The van der Waals surface area contributed by atoms with E-state index in [1.54, 1.807) is 31.3 Å². The maximum atomic E-state index is 13.8. The van der Waals surface area contributed by atoms with Crippen LogP contribution in [-0.2, 0) is 0 Å². The molecular weight excluding hydrogens is 329 g/mol. The van der Waals surface area contributed by atoms with E-state index in [0.29, 0.717) is 11.3 Å². The number of nitrogens with zero attached hydrogens (tertiary/aromatic N) is 1. The highest BCUT2D eigenvalue weighted by molar-refractivity contribution is 5.89. The summed E-state index contributed by atoms with van der Waals surface area (Å²) in [7, 11) is 0. The van der Waals surface area contributed by atoms with Gasteiger partial charge in [-0.1, -0.05) is 30.3 Å². The van der Waals surface area contributed by atoms with E-state index >= 15 is 0 Å². The molecule has 3 aromatic rings. The van der Waals surface area contributed by atoms with Gasteiger partial charge in [0.05, 0.1) is 6.04 Å². The fourth-order valence-electron chi connectivity index (χ4n) is 2.74.